The van der Waals surface area contributed by atoms with Gasteiger partial charge in [0.1, 0.15) is 34.4 Å². The first-order valence-electron chi connectivity index (χ1n) is 11.4. The van der Waals surface area contributed by atoms with E-state index in [1.807, 2.05) is 23.0 Å². The van der Waals surface area contributed by atoms with E-state index in [2.05, 4.69) is 19.8 Å². The zero-order valence-corrected chi connectivity index (χ0v) is 21.3. The molecule has 0 saturated carbocycles. The van der Waals surface area contributed by atoms with Crippen molar-refractivity contribution in [1.82, 2.24) is 28.9 Å². The number of aromatic nitrogens is 4. The molecule has 3 aliphatic rings. The number of ketones is 2. The number of morpholine rings is 2. The van der Waals surface area contributed by atoms with E-state index in [0.29, 0.717) is 36.1 Å². The van der Waals surface area contributed by atoms with Crippen LogP contribution in [0.2, 0.25) is 0 Å². The van der Waals surface area contributed by atoms with Crippen LogP contribution in [-0.2, 0) is 22.6 Å². The van der Waals surface area contributed by atoms with E-state index < -0.39 is 0 Å². The molecule has 2 saturated heterocycles. The fourth-order valence-electron chi connectivity index (χ4n) is 4.81. The van der Waals surface area contributed by atoms with Crippen molar-refractivity contribution in [2.75, 3.05) is 65.7 Å². The highest BCUT2D eigenvalue weighted by Crippen LogP contribution is 2.28. The highest BCUT2D eigenvalue weighted by atomic mass is 35.5. The van der Waals surface area contributed by atoms with Crippen molar-refractivity contribution in [2.45, 2.75) is 26.9 Å². The molecule has 12 heteroatoms. The van der Waals surface area contributed by atoms with Gasteiger partial charge in [-0.25, -0.2) is 9.97 Å². The Morgan fingerprint density at radius 3 is 1.35 bits per heavy atom. The van der Waals surface area contributed by atoms with Crippen LogP contribution in [0.25, 0.3) is 0 Å². The predicted molar refractivity (Wildman–Crippen MR) is 130 cm³/mol. The number of aryl methyl sites for hydroxylation is 2. The van der Waals surface area contributed by atoms with Crippen LogP contribution in [0, 0.1) is 13.8 Å². The standard InChI is InChI=1S/C22H30N6O4.2ClH/c1-15-23-17-19(27(15)5-3-25-7-11-31-12-8-25)22(30)18-20(21(17)29)28(16(2)24-18)6-4-26-9-13-32-14-10-26;;/h3-14H2,1-2H3;2*1H. The van der Waals surface area contributed by atoms with Gasteiger partial charge in [-0.05, 0) is 13.8 Å². The molecule has 2 aliphatic heterocycles. The van der Waals surface area contributed by atoms with Crippen molar-refractivity contribution in [3.8, 4) is 0 Å². The molecule has 2 aromatic heterocycles. The van der Waals surface area contributed by atoms with Gasteiger partial charge in [-0.1, -0.05) is 0 Å². The molecule has 0 bridgehead atoms. The van der Waals surface area contributed by atoms with Gasteiger partial charge in [0.05, 0.1) is 26.4 Å². The number of hydrogen-bond donors (Lipinski definition) is 0. The second-order valence-corrected chi connectivity index (χ2v) is 8.58. The van der Waals surface area contributed by atoms with Crippen molar-refractivity contribution >= 4 is 36.4 Å². The minimum absolute atomic E-state index is 0. The van der Waals surface area contributed by atoms with Gasteiger partial charge < -0.3 is 18.6 Å². The molecule has 2 aromatic rings. The smallest absolute Gasteiger partial charge is 0.232 e. The van der Waals surface area contributed by atoms with Crippen LogP contribution in [0.15, 0.2) is 0 Å². The first-order chi connectivity index (χ1) is 15.5. The lowest BCUT2D eigenvalue weighted by atomic mass is 9.98. The number of fused-ring (bicyclic) bond motifs is 2. The number of hydrogen-bond acceptors (Lipinski definition) is 8. The first kappa shape index (κ1) is 26.8. The molecule has 0 N–H and O–H groups in total. The summed E-state index contributed by atoms with van der Waals surface area (Å²) in [5.41, 5.74) is 1.28. The Labute approximate surface area is 211 Å². The summed E-state index contributed by atoms with van der Waals surface area (Å²) in [4.78, 5) is 40.6. The molecule has 0 atom stereocenters. The number of rotatable bonds is 6. The van der Waals surface area contributed by atoms with Crippen LogP contribution in [0.3, 0.4) is 0 Å². The molecular weight excluding hydrogens is 483 g/mol. The summed E-state index contributed by atoms with van der Waals surface area (Å²) in [6.45, 7) is 12.9. The third-order valence-corrected chi connectivity index (χ3v) is 6.66. The van der Waals surface area contributed by atoms with Crippen LogP contribution in [0.5, 0.6) is 0 Å². The zero-order valence-electron chi connectivity index (χ0n) is 19.6. The Morgan fingerprint density at radius 1 is 0.647 bits per heavy atom. The lowest BCUT2D eigenvalue weighted by Gasteiger charge is -2.27. The molecule has 1 aliphatic carbocycles. The average molecular weight is 515 g/mol. The quantitative estimate of drug-likeness (QED) is 0.480. The monoisotopic (exact) mass is 514 g/mol. The summed E-state index contributed by atoms with van der Waals surface area (Å²) in [6.07, 6.45) is 0. The summed E-state index contributed by atoms with van der Waals surface area (Å²) >= 11 is 0. The Bertz CT molecular complexity index is 959. The Kier molecular flexibility index (Phi) is 8.88. The molecular formula is C22H32Cl2N6O4. The van der Waals surface area contributed by atoms with Crippen LogP contribution in [0.4, 0.5) is 0 Å². The highest BCUT2D eigenvalue weighted by Gasteiger charge is 2.39. The molecule has 0 radical (unpaired) electrons. The molecule has 0 amide bonds. The van der Waals surface area contributed by atoms with E-state index in [0.717, 1.165) is 65.7 Å². The van der Waals surface area contributed by atoms with Crippen molar-refractivity contribution < 1.29 is 19.1 Å². The third-order valence-electron chi connectivity index (χ3n) is 6.66. The number of nitrogens with zero attached hydrogens (tertiary/aromatic N) is 6. The van der Waals surface area contributed by atoms with Crippen LogP contribution < -0.4 is 0 Å². The van der Waals surface area contributed by atoms with E-state index in [4.69, 9.17) is 9.47 Å². The largest absolute Gasteiger partial charge is 0.379 e. The minimum Gasteiger partial charge on any atom is -0.379 e. The van der Waals surface area contributed by atoms with Gasteiger partial charge in [0.15, 0.2) is 0 Å². The van der Waals surface area contributed by atoms with Crippen LogP contribution >= 0.6 is 24.8 Å². The fourth-order valence-corrected chi connectivity index (χ4v) is 4.81. The summed E-state index contributed by atoms with van der Waals surface area (Å²) in [5.74, 6) is 0.967. The van der Waals surface area contributed by atoms with Gasteiger partial charge >= 0.3 is 0 Å². The van der Waals surface area contributed by atoms with Gasteiger partial charge in [-0.15, -0.1) is 24.8 Å². The highest BCUT2D eigenvalue weighted by molar-refractivity contribution is 6.25. The number of ether oxygens (including phenoxy) is 2. The maximum atomic E-state index is 13.5. The van der Waals surface area contributed by atoms with Crippen LogP contribution in [-0.4, -0.2) is 106 Å². The Balaban J connectivity index is 0.00000162. The summed E-state index contributed by atoms with van der Waals surface area (Å²) < 4.78 is 14.6. The van der Waals surface area contributed by atoms with E-state index in [9.17, 15) is 9.59 Å². The number of halogens is 2. The van der Waals surface area contributed by atoms with Gasteiger partial charge in [-0.2, -0.15) is 0 Å². The van der Waals surface area contributed by atoms with Gasteiger partial charge in [0.2, 0.25) is 11.6 Å². The average Bonchev–Trinajstić information content (AvgIpc) is 3.33. The second-order valence-electron chi connectivity index (χ2n) is 8.58. The number of imidazole rings is 2. The molecule has 0 aromatic carbocycles. The summed E-state index contributed by atoms with van der Waals surface area (Å²) in [5, 5.41) is 0. The van der Waals surface area contributed by atoms with Crippen molar-refractivity contribution in [3.05, 3.63) is 34.4 Å². The molecule has 34 heavy (non-hydrogen) atoms. The normalized spacial score (nSPS) is 18.8. The SMILES string of the molecule is Cc1nc2c(n1CCN1CCOCC1)C(=O)c1nc(C)n(CCN3CCOCC3)c1C2=O.Cl.Cl. The second kappa shape index (κ2) is 11.3. The third kappa shape index (κ3) is 4.93. The summed E-state index contributed by atoms with van der Waals surface area (Å²) in [6, 6.07) is 0. The zero-order chi connectivity index (χ0) is 22.2. The van der Waals surface area contributed by atoms with Crippen molar-refractivity contribution in [2.24, 2.45) is 0 Å². The van der Waals surface area contributed by atoms with E-state index in [-0.39, 0.29) is 47.8 Å². The first-order valence-corrected chi connectivity index (χ1v) is 11.4. The molecule has 5 rings (SSSR count). The molecule has 188 valence electrons. The Morgan fingerprint density at radius 2 is 1.00 bits per heavy atom. The van der Waals surface area contributed by atoms with E-state index in [1.165, 1.54) is 0 Å². The van der Waals surface area contributed by atoms with Crippen molar-refractivity contribution in [1.29, 1.82) is 0 Å². The van der Waals surface area contributed by atoms with E-state index in [1.54, 1.807) is 0 Å². The molecule has 0 unspecified atom stereocenters. The van der Waals surface area contributed by atoms with Gasteiger partial charge in [0, 0.05) is 52.4 Å². The van der Waals surface area contributed by atoms with Crippen molar-refractivity contribution in [3.63, 3.8) is 0 Å². The topological polar surface area (TPSA) is 94.7 Å². The van der Waals surface area contributed by atoms with Gasteiger partial charge in [0.25, 0.3) is 0 Å². The fraction of sp³-hybridized carbons (Fsp3) is 0.636. The maximum Gasteiger partial charge on any atom is 0.232 e. The summed E-state index contributed by atoms with van der Waals surface area (Å²) in [7, 11) is 0. The maximum absolute atomic E-state index is 13.5. The molecule has 10 nitrogen and oxygen atoms in total. The van der Waals surface area contributed by atoms with Gasteiger partial charge in [-0.3, -0.25) is 19.4 Å². The Hall–Kier alpha value is -1.82. The lowest BCUT2D eigenvalue weighted by molar-refractivity contribution is 0.0361. The molecule has 4 heterocycles. The number of carbonyl (C=O) groups is 2. The van der Waals surface area contributed by atoms with Crippen LogP contribution in [0.1, 0.15) is 44.0 Å². The molecule has 0 spiro atoms. The number of carbonyl (C=O) groups excluding carboxylic acids is 2. The van der Waals surface area contributed by atoms with E-state index >= 15 is 0 Å². The minimum atomic E-state index is -0.203. The lowest BCUT2D eigenvalue weighted by Crippen LogP contribution is -2.39. The molecule has 2 fully saturated rings. The predicted octanol–water partition coefficient (Wildman–Crippen LogP) is 0.980.